The van der Waals surface area contributed by atoms with Gasteiger partial charge in [0.2, 0.25) is 0 Å². The maximum absolute atomic E-state index is 9.04. The van der Waals surface area contributed by atoms with Crippen molar-refractivity contribution in [3.63, 3.8) is 0 Å². The van der Waals surface area contributed by atoms with Crippen LogP contribution in [0.5, 0.6) is 0 Å². The van der Waals surface area contributed by atoms with Gasteiger partial charge in [0.15, 0.2) is 0 Å². The molecular weight excluding hydrogens is 218 g/mol. The van der Waals surface area contributed by atoms with Gasteiger partial charge in [-0.25, -0.2) is 0 Å². The van der Waals surface area contributed by atoms with Gasteiger partial charge in [-0.1, -0.05) is 60.4 Å². The van der Waals surface area contributed by atoms with Crippen molar-refractivity contribution in [2.45, 2.75) is 0 Å². The Morgan fingerprint density at radius 1 is 0.889 bits per heavy atom. The SMILES string of the molecule is N#C/C(C#Cc1ccccc1)=C/c1ccccc1. The Hall–Kier alpha value is -2.77. The summed E-state index contributed by atoms with van der Waals surface area (Å²) in [5.41, 5.74) is 2.35. The van der Waals surface area contributed by atoms with Gasteiger partial charge < -0.3 is 0 Å². The van der Waals surface area contributed by atoms with Crippen LogP contribution in [0.25, 0.3) is 6.08 Å². The Kier molecular flexibility index (Phi) is 3.96. The summed E-state index contributed by atoms with van der Waals surface area (Å²) in [6.07, 6.45) is 1.79. The monoisotopic (exact) mass is 229 g/mol. The summed E-state index contributed by atoms with van der Waals surface area (Å²) >= 11 is 0. The van der Waals surface area contributed by atoms with Crippen molar-refractivity contribution in [2.75, 3.05) is 0 Å². The van der Waals surface area contributed by atoms with Crippen molar-refractivity contribution in [3.8, 4) is 17.9 Å². The largest absolute Gasteiger partial charge is 0.192 e. The second-order valence-electron chi connectivity index (χ2n) is 3.70. The molecule has 0 amide bonds. The Balaban J connectivity index is 2.25. The molecule has 0 saturated heterocycles. The Bertz CT molecular complexity index is 635. The third-order valence-electron chi connectivity index (χ3n) is 2.35. The van der Waals surface area contributed by atoms with Gasteiger partial charge in [0.05, 0.1) is 0 Å². The fourth-order valence-corrected chi connectivity index (χ4v) is 1.47. The highest BCUT2D eigenvalue weighted by Gasteiger charge is 1.91. The van der Waals surface area contributed by atoms with E-state index < -0.39 is 0 Å². The van der Waals surface area contributed by atoms with E-state index in [4.69, 9.17) is 5.26 Å². The average Bonchev–Trinajstić information content (AvgIpc) is 2.45. The summed E-state index contributed by atoms with van der Waals surface area (Å²) in [5.74, 6) is 5.86. The number of benzene rings is 2. The first-order valence-electron chi connectivity index (χ1n) is 5.62. The van der Waals surface area contributed by atoms with E-state index in [1.54, 1.807) is 6.08 Å². The van der Waals surface area contributed by atoms with Gasteiger partial charge in [-0.05, 0) is 23.8 Å². The van der Waals surface area contributed by atoms with Crippen molar-refractivity contribution in [2.24, 2.45) is 0 Å². The van der Waals surface area contributed by atoms with Crippen LogP contribution >= 0.6 is 0 Å². The lowest BCUT2D eigenvalue weighted by Gasteiger charge is -1.91. The predicted octanol–water partition coefficient (Wildman–Crippen LogP) is 3.65. The van der Waals surface area contributed by atoms with Crippen LogP contribution < -0.4 is 0 Å². The molecule has 84 valence electrons. The van der Waals surface area contributed by atoms with Gasteiger partial charge in [0, 0.05) is 5.56 Å². The molecule has 0 aromatic heterocycles. The molecule has 0 spiro atoms. The first-order chi connectivity index (χ1) is 8.88. The quantitative estimate of drug-likeness (QED) is 0.541. The first kappa shape index (κ1) is 11.7. The van der Waals surface area contributed by atoms with E-state index in [2.05, 4.69) is 17.9 Å². The van der Waals surface area contributed by atoms with Crippen molar-refractivity contribution in [1.82, 2.24) is 0 Å². The molecule has 0 atom stereocenters. The third-order valence-corrected chi connectivity index (χ3v) is 2.35. The number of nitrogens with zero attached hydrogens (tertiary/aromatic N) is 1. The standard InChI is InChI=1S/C17H11N/c18-14-17(13-16-9-5-2-6-10-16)12-11-15-7-3-1-4-8-15/h1-10,13H/b17-13+. The first-order valence-corrected chi connectivity index (χ1v) is 5.62. The molecule has 2 rings (SSSR count). The van der Waals surface area contributed by atoms with Crippen LogP contribution in [0.4, 0.5) is 0 Å². The number of rotatable bonds is 1. The molecule has 0 saturated carbocycles. The maximum Gasteiger partial charge on any atom is 0.108 e. The summed E-state index contributed by atoms with van der Waals surface area (Å²) < 4.78 is 0. The van der Waals surface area contributed by atoms with Crippen LogP contribution in [0, 0.1) is 23.2 Å². The van der Waals surface area contributed by atoms with Gasteiger partial charge in [-0.2, -0.15) is 5.26 Å². The van der Waals surface area contributed by atoms with Crippen LogP contribution in [0.3, 0.4) is 0 Å². The van der Waals surface area contributed by atoms with Gasteiger partial charge in [0.25, 0.3) is 0 Å². The number of hydrogen-bond donors (Lipinski definition) is 0. The zero-order chi connectivity index (χ0) is 12.6. The Morgan fingerprint density at radius 3 is 2.11 bits per heavy atom. The second-order valence-corrected chi connectivity index (χ2v) is 3.70. The minimum absolute atomic E-state index is 0.463. The molecule has 0 unspecified atom stereocenters. The zero-order valence-corrected chi connectivity index (χ0v) is 9.80. The van der Waals surface area contributed by atoms with E-state index in [9.17, 15) is 0 Å². The molecule has 2 aromatic carbocycles. The Labute approximate surface area is 107 Å². The molecule has 0 heterocycles. The minimum atomic E-state index is 0.463. The molecule has 0 aliphatic rings. The van der Waals surface area contributed by atoms with Crippen LogP contribution in [0.2, 0.25) is 0 Å². The molecule has 0 aliphatic carbocycles. The predicted molar refractivity (Wildman–Crippen MR) is 73.4 cm³/mol. The lowest BCUT2D eigenvalue weighted by molar-refractivity contribution is 1.51. The van der Waals surface area contributed by atoms with Crippen molar-refractivity contribution >= 4 is 6.08 Å². The highest BCUT2D eigenvalue weighted by Crippen LogP contribution is 2.05. The molecule has 2 aromatic rings. The lowest BCUT2D eigenvalue weighted by Crippen LogP contribution is -1.77. The zero-order valence-electron chi connectivity index (χ0n) is 9.80. The molecular formula is C17H11N. The summed E-state index contributed by atoms with van der Waals surface area (Å²) in [4.78, 5) is 0. The highest BCUT2D eigenvalue weighted by atomic mass is 14.2. The number of allylic oxidation sites excluding steroid dienone is 1. The van der Waals surface area contributed by atoms with E-state index >= 15 is 0 Å². The smallest absolute Gasteiger partial charge is 0.108 e. The van der Waals surface area contributed by atoms with E-state index in [0.29, 0.717) is 5.57 Å². The van der Waals surface area contributed by atoms with E-state index in [1.807, 2.05) is 60.7 Å². The van der Waals surface area contributed by atoms with Crippen LogP contribution in [0.1, 0.15) is 11.1 Å². The molecule has 1 nitrogen and oxygen atoms in total. The van der Waals surface area contributed by atoms with Crippen molar-refractivity contribution in [3.05, 3.63) is 77.4 Å². The summed E-state index contributed by atoms with van der Waals surface area (Å²) in [7, 11) is 0. The van der Waals surface area contributed by atoms with Crippen molar-refractivity contribution < 1.29 is 0 Å². The van der Waals surface area contributed by atoms with Gasteiger partial charge >= 0.3 is 0 Å². The number of hydrogen-bond acceptors (Lipinski definition) is 1. The minimum Gasteiger partial charge on any atom is -0.192 e. The fraction of sp³-hybridized carbons (Fsp3) is 0. The van der Waals surface area contributed by atoms with E-state index in [1.165, 1.54) is 0 Å². The Morgan fingerprint density at radius 2 is 1.50 bits per heavy atom. The average molecular weight is 229 g/mol. The normalized spacial score (nSPS) is 10.1. The molecule has 0 N–H and O–H groups in total. The van der Waals surface area contributed by atoms with Gasteiger partial charge in [-0.15, -0.1) is 0 Å². The fourth-order valence-electron chi connectivity index (χ4n) is 1.47. The van der Waals surface area contributed by atoms with Gasteiger partial charge in [-0.3, -0.25) is 0 Å². The molecule has 0 aliphatic heterocycles. The topological polar surface area (TPSA) is 23.8 Å². The number of nitriles is 1. The summed E-state index contributed by atoms with van der Waals surface area (Å²) in [5, 5.41) is 9.04. The lowest BCUT2D eigenvalue weighted by atomic mass is 10.1. The molecule has 0 bridgehead atoms. The maximum atomic E-state index is 9.04. The van der Waals surface area contributed by atoms with Crippen LogP contribution in [0.15, 0.2) is 66.2 Å². The van der Waals surface area contributed by atoms with Crippen molar-refractivity contribution in [1.29, 1.82) is 5.26 Å². The van der Waals surface area contributed by atoms with E-state index in [-0.39, 0.29) is 0 Å². The van der Waals surface area contributed by atoms with E-state index in [0.717, 1.165) is 11.1 Å². The third kappa shape index (κ3) is 3.37. The van der Waals surface area contributed by atoms with Crippen LogP contribution in [-0.4, -0.2) is 0 Å². The summed E-state index contributed by atoms with van der Waals surface area (Å²) in [6.45, 7) is 0. The van der Waals surface area contributed by atoms with Gasteiger partial charge in [0.1, 0.15) is 11.6 Å². The highest BCUT2D eigenvalue weighted by molar-refractivity contribution is 5.64. The molecule has 0 radical (unpaired) electrons. The molecule has 0 fully saturated rings. The molecule has 1 heteroatoms. The second kappa shape index (κ2) is 6.09. The van der Waals surface area contributed by atoms with Crippen LogP contribution in [-0.2, 0) is 0 Å². The summed E-state index contributed by atoms with van der Waals surface area (Å²) in [6, 6.07) is 21.5. The molecule has 18 heavy (non-hydrogen) atoms.